The van der Waals surface area contributed by atoms with Crippen LogP contribution in [0, 0.1) is 5.41 Å². The van der Waals surface area contributed by atoms with Gasteiger partial charge in [0.15, 0.2) is 5.96 Å². The van der Waals surface area contributed by atoms with Crippen molar-refractivity contribution in [2.24, 2.45) is 5.73 Å². The first kappa shape index (κ1) is 28.3. The van der Waals surface area contributed by atoms with E-state index in [9.17, 15) is 27.9 Å². The Hall–Kier alpha value is -3.71. The fourth-order valence-corrected chi connectivity index (χ4v) is 6.12. The summed E-state index contributed by atoms with van der Waals surface area (Å²) in [5.41, 5.74) is 5.62. The average molecular weight is 559 g/mol. The van der Waals surface area contributed by atoms with Crippen LogP contribution in [0.3, 0.4) is 0 Å². The van der Waals surface area contributed by atoms with E-state index in [0.29, 0.717) is 44.2 Å². The second kappa shape index (κ2) is 11.6. The van der Waals surface area contributed by atoms with Gasteiger partial charge in [0.1, 0.15) is 12.6 Å². The van der Waals surface area contributed by atoms with E-state index in [0.717, 1.165) is 10.3 Å². The first-order valence-corrected chi connectivity index (χ1v) is 14.3. The third-order valence-corrected chi connectivity index (χ3v) is 8.73. The van der Waals surface area contributed by atoms with Crippen molar-refractivity contribution in [3.05, 3.63) is 42.5 Å². The van der Waals surface area contributed by atoms with Crippen LogP contribution in [0.2, 0.25) is 0 Å². The number of carbonyl (C=O) groups excluding carboxylic acids is 2. The molecule has 1 saturated heterocycles. The van der Waals surface area contributed by atoms with Gasteiger partial charge in [0, 0.05) is 32.2 Å². The molecule has 2 aromatic rings. The molecule has 1 aliphatic heterocycles. The molecule has 1 saturated carbocycles. The summed E-state index contributed by atoms with van der Waals surface area (Å²) in [7, 11) is -2.67. The lowest BCUT2D eigenvalue weighted by Gasteiger charge is -2.38. The van der Waals surface area contributed by atoms with Crippen molar-refractivity contribution in [2.75, 3.05) is 26.7 Å². The van der Waals surface area contributed by atoms with E-state index in [2.05, 4.69) is 4.72 Å². The van der Waals surface area contributed by atoms with Crippen LogP contribution in [0.5, 0.6) is 0 Å². The number of amides is 2. The molecule has 210 valence electrons. The molecule has 0 aromatic heterocycles. The number of hydrogen-bond donors (Lipinski definition) is 4. The van der Waals surface area contributed by atoms with Gasteiger partial charge in [0.05, 0.1) is 11.3 Å². The van der Waals surface area contributed by atoms with E-state index < -0.39 is 46.8 Å². The van der Waals surface area contributed by atoms with E-state index in [1.807, 2.05) is 12.1 Å². The molecule has 39 heavy (non-hydrogen) atoms. The number of nitrogens with two attached hydrogens (primary N) is 1. The Kier molecular flexibility index (Phi) is 8.40. The highest BCUT2D eigenvalue weighted by molar-refractivity contribution is 7.89. The lowest BCUT2D eigenvalue weighted by molar-refractivity contribution is -0.146. The van der Waals surface area contributed by atoms with Crippen LogP contribution < -0.4 is 10.5 Å². The maximum atomic E-state index is 13.6. The Bertz CT molecular complexity index is 1380. The molecular weight excluding hydrogens is 524 g/mol. The fourth-order valence-electron chi connectivity index (χ4n) is 4.90. The molecule has 2 atom stereocenters. The number of aliphatic carboxylic acids is 1. The smallest absolute Gasteiger partial charge is 0.323 e. The van der Waals surface area contributed by atoms with Crippen molar-refractivity contribution < 1.29 is 27.9 Å². The quantitative estimate of drug-likeness (QED) is 0.244. The molecule has 0 bridgehead atoms. The summed E-state index contributed by atoms with van der Waals surface area (Å²) < 4.78 is 29.3. The van der Waals surface area contributed by atoms with Gasteiger partial charge in [0.2, 0.25) is 21.8 Å². The Morgan fingerprint density at radius 2 is 1.82 bits per heavy atom. The van der Waals surface area contributed by atoms with Crippen molar-refractivity contribution in [3.63, 3.8) is 0 Å². The first-order valence-electron chi connectivity index (χ1n) is 12.8. The van der Waals surface area contributed by atoms with E-state index in [1.54, 1.807) is 30.1 Å². The zero-order valence-corrected chi connectivity index (χ0v) is 22.6. The van der Waals surface area contributed by atoms with Gasteiger partial charge < -0.3 is 25.5 Å². The molecule has 5 N–H and O–H groups in total. The van der Waals surface area contributed by atoms with Crippen molar-refractivity contribution in [3.8, 4) is 0 Å². The van der Waals surface area contributed by atoms with Crippen molar-refractivity contribution in [1.82, 2.24) is 19.4 Å². The van der Waals surface area contributed by atoms with Gasteiger partial charge in [-0.1, -0.05) is 30.3 Å². The third-order valence-electron chi connectivity index (χ3n) is 7.26. The van der Waals surface area contributed by atoms with Gasteiger partial charge >= 0.3 is 5.97 Å². The minimum absolute atomic E-state index is 0.0691. The fraction of sp³-hybridized carbons (Fsp3) is 0.462. The summed E-state index contributed by atoms with van der Waals surface area (Å²) >= 11 is 0. The summed E-state index contributed by atoms with van der Waals surface area (Å²) in [6.45, 7) is 0.371. The molecule has 1 heterocycles. The number of fused-ring (bicyclic) bond motifs is 1. The van der Waals surface area contributed by atoms with E-state index in [-0.39, 0.29) is 22.9 Å². The Labute approximate surface area is 227 Å². The number of sulfonamides is 1. The Morgan fingerprint density at radius 1 is 1.13 bits per heavy atom. The highest BCUT2D eigenvalue weighted by atomic mass is 32.2. The minimum Gasteiger partial charge on any atom is -0.480 e. The number of benzene rings is 2. The SMILES string of the molecule is CN(C(=O)C[C@@H](NS(=O)(=O)c1ccc2ccccc2c1)C(=O)N(CC(=O)O)C1CC1)[C@@H]1CCCN(C(=N)N)C1. The molecule has 13 heteroatoms. The first-order chi connectivity index (χ1) is 18.5. The second-order valence-corrected chi connectivity index (χ2v) is 11.8. The van der Waals surface area contributed by atoms with Crippen molar-refractivity contribution >= 4 is 44.5 Å². The molecule has 1 aliphatic carbocycles. The summed E-state index contributed by atoms with van der Waals surface area (Å²) in [5.74, 6) is -2.54. The Morgan fingerprint density at radius 3 is 2.46 bits per heavy atom. The average Bonchev–Trinajstić information content (AvgIpc) is 3.75. The highest BCUT2D eigenvalue weighted by Crippen LogP contribution is 2.28. The predicted molar refractivity (Wildman–Crippen MR) is 144 cm³/mol. The number of nitrogens with zero attached hydrogens (tertiary/aromatic N) is 3. The maximum absolute atomic E-state index is 13.6. The number of piperidine rings is 1. The predicted octanol–water partition coefficient (Wildman–Crippen LogP) is 0.769. The number of rotatable bonds is 10. The van der Waals surface area contributed by atoms with Gasteiger partial charge in [-0.25, -0.2) is 8.42 Å². The number of carboxylic acid groups (broad SMARTS) is 1. The molecule has 2 fully saturated rings. The molecule has 0 radical (unpaired) electrons. The van der Waals surface area contributed by atoms with Crippen LogP contribution in [0.25, 0.3) is 10.8 Å². The molecular formula is C26H34N6O6S. The summed E-state index contributed by atoms with van der Waals surface area (Å²) in [5, 5.41) is 18.6. The van der Waals surface area contributed by atoms with E-state index in [1.165, 1.54) is 17.0 Å². The number of guanidine groups is 1. The number of hydrogen-bond acceptors (Lipinski definition) is 6. The largest absolute Gasteiger partial charge is 0.480 e. The van der Waals surface area contributed by atoms with Gasteiger partial charge in [-0.2, -0.15) is 4.72 Å². The molecule has 0 spiro atoms. The second-order valence-electron chi connectivity index (χ2n) is 10.1. The zero-order valence-electron chi connectivity index (χ0n) is 21.7. The maximum Gasteiger partial charge on any atom is 0.323 e. The van der Waals surface area contributed by atoms with Gasteiger partial charge in [-0.15, -0.1) is 0 Å². The Balaban J connectivity index is 1.59. The van der Waals surface area contributed by atoms with Crippen LogP contribution in [0.15, 0.2) is 47.4 Å². The zero-order chi connectivity index (χ0) is 28.3. The topological polar surface area (TPSA) is 177 Å². The van der Waals surface area contributed by atoms with E-state index in [4.69, 9.17) is 11.1 Å². The van der Waals surface area contributed by atoms with Crippen LogP contribution in [0.1, 0.15) is 32.1 Å². The van der Waals surface area contributed by atoms with Crippen LogP contribution in [-0.4, -0.2) is 96.8 Å². The number of likely N-dealkylation sites (tertiary alicyclic amines) is 1. The lowest BCUT2D eigenvalue weighted by atomic mass is 10.0. The van der Waals surface area contributed by atoms with Crippen LogP contribution in [0.4, 0.5) is 0 Å². The summed E-state index contributed by atoms with van der Waals surface area (Å²) in [6, 6.07) is 9.72. The number of carboxylic acids is 1. The molecule has 2 aromatic carbocycles. The molecule has 0 unspecified atom stereocenters. The van der Waals surface area contributed by atoms with Crippen LogP contribution in [-0.2, 0) is 24.4 Å². The normalized spacial score (nSPS) is 18.4. The molecule has 4 rings (SSSR count). The van der Waals surface area contributed by atoms with Gasteiger partial charge in [0.25, 0.3) is 0 Å². The van der Waals surface area contributed by atoms with Crippen molar-refractivity contribution in [2.45, 2.75) is 55.1 Å². The van der Waals surface area contributed by atoms with E-state index >= 15 is 0 Å². The lowest BCUT2D eigenvalue weighted by Crippen LogP contribution is -2.55. The highest BCUT2D eigenvalue weighted by Gasteiger charge is 2.40. The molecule has 12 nitrogen and oxygen atoms in total. The van der Waals surface area contributed by atoms with Crippen LogP contribution >= 0.6 is 0 Å². The summed E-state index contributed by atoms with van der Waals surface area (Å²) in [6.07, 6.45) is 2.12. The monoisotopic (exact) mass is 558 g/mol. The molecule has 2 amide bonds. The minimum atomic E-state index is -4.25. The number of likely N-dealkylation sites (N-methyl/N-ethyl adjacent to an activating group) is 1. The third kappa shape index (κ3) is 6.84. The van der Waals surface area contributed by atoms with Crippen molar-refractivity contribution in [1.29, 1.82) is 5.41 Å². The summed E-state index contributed by atoms with van der Waals surface area (Å²) in [4.78, 5) is 42.6. The molecule has 2 aliphatic rings. The standard InChI is InChI=1S/C26H34N6O6S/c1-30(20-7-4-12-31(15-20)26(27)28)23(33)14-22(25(36)32(16-24(34)35)19-9-10-19)29-39(37,38)21-11-8-17-5-2-3-6-18(17)13-21/h2-3,5-6,8,11,13,19-20,22,29H,4,7,9-10,12,14-16H2,1H3,(H3,27,28)(H,34,35)/t20-,22-/m1/s1. The van der Waals surface area contributed by atoms with Gasteiger partial charge in [-0.05, 0) is 48.6 Å². The number of carbonyl (C=O) groups is 3. The number of nitrogens with one attached hydrogen (secondary N) is 2. The van der Waals surface area contributed by atoms with Gasteiger partial charge in [-0.3, -0.25) is 19.8 Å².